The molecule has 0 amide bonds. The van der Waals surface area contributed by atoms with Gasteiger partial charge in [0, 0.05) is 31.3 Å². The standard InChI is InChI=1S/C12H12ClN7/c1-2-19-7-5-14-10(19)8-9-16-11(13)18-12(17-9)20-6-3-4-15-20/h3-7H,2,8H2,1H3. The van der Waals surface area contributed by atoms with Gasteiger partial charge in [0.2, 0.25) is 5.28 Å². The maximum absolute atomic E-state index is 5.95. The van der Waals surface area contributed by atoms with Crippen LogP contribution < -0.4 is 0 Å². The Bertz CT molecular complexity index is 704. The molecular formula is C12H12ClN7. The van der Waals surface area contributed by atoms with Gasteiger partial charge in [-0.2, -0.15) is 15.1 Å². The molecule has 3 aromatic heterocycles. The average Bonchev–Trinajstić information content (AvgIpc) is 3.08. The van der Waals surface area contributed by atoms with Crippen LogP contribution in [-0.2, 0) is 13.0 Å². The number of nitrogens with zero attached hydrogens (tertiary/aromatic N) is 7. The number of imidazole rings is 1. The molecule has 0 bridgehead atoms. The molecule has 0 unspecified atom stereocenters. The lowest BCUT2D eigenvalue weighted by molar-refractivity contribution is 0.695. The van der Waals surface area contributed by atoms with Crippen LogP contribution in [-0.4, -0.2) is 34.3 Å². The summed E-state index contributed by atoms with van der Waals surface area (Å²) >= 11 is 5.95. The summed E-state index contributed by atoms with van der Waals surface area (Å²) in [6.07, 6.45) is 7.59. The number of aryl methyl sites for hydroxylation is 1. The maximum Gasteiger partial charge on any atom is 0.255 e. The zero-order chi connectivity index (χ0) is 13.9. The van der Waals surface area contributed by atoms with Gasteiger partial charge in [0.15, 0.2) is 0 Å². The Hall–Kier alpha value is -2.28. The maximum atomic E-state index is 5.95. The van der Waals surface area contributed by atoms with Crippen molar-refractivity contribution in [2.75, 3.05) is 0 Å². The van der Waals surface area contributed by atoms with Gasteiger partial charge < -0.3 is 4.57 Å². The van der Waals surface area contributed by atoms with E-state index >= 15 is 0 Å². The smallest absolute Gasteiger partial charge is 0.255 e. The van der Waals surface area contributed by atoms with E-state index < -0.39 is 0 Å². The molecule has 7 nitrogen and oxygen atoms in total. The number of hydrogen-bond acceptors (Lipinski definition) is 5. The third kappa shape index (κ3) is 2.53. The van der Waals surface area contributed by atoms with Crippen molar-refractivity contribution in [3.05, 3.63) is 47.8 Å². The van der Waals surface area contributed by atoms with E-state index in [2.05, 4.69) is 32.0 Å². The molecule has 0 spiro atoms. The molecule has 0 aromatic carbocycles. The number of hydrogen-bond donors (Lipinski definition) is 0. The van der Waals surface area contributed by atoms with E-state index in [1.54, 1.807) is 29.3 Å². The van der Waals surface area contributed by atoms with E-state index in [1.807, 2.05) is 10.8 Å². The molecule has 0 aliphatic heterocycles. The monoisotopic (exact) mass is 289 g/mol. The van der Waals surface area contributed by atoms with E-state index in [9.17, 15) is 0 Å². The molecule has 0 aliphatic carbocycles. The van der Waals surface area contributed by atoms with Gasteiger partial charge in [-0.25, -0.2) is 14.6 Å². The summed E-state index contributed by atoms with van der Waals surface area (Å²) in [6, 6.07) is 1.79. The van der Waals surface area contributed by atoms with Crippen LogP contribution in [0.3, 0.4) is 0 Å². The van der Waals surface area contributed by atoms with Crippen molar-refractivity contribution in [3.8, 4) is 5.95 Å². The van der Waals surface area contributed by atoms with E-state index in [4.69, 9.17) is 11.6 Å². The summed E-state index contributed by atoms with van der Waals surface area (Å²) < 4.78 is 3.58. The van der Waals surface area contributed by atoms with Gasteiger partial charge >= 0.3 is 0 Å². The molecule has 0 atom stereocenters. The lowest BCUT2D eigenvalue weighted by atomic mass is 10.4. The molecule has 102 valence electrons. The minimum atomic E-state index is 0.148. The predicted molar refractivity (Wildman–Crippen MR) is 72.7 cm³/mol. The second-order valence-corrected chi connectivity index (χ2v) is 4.42. The van der Waals surface area contributed by atoms with Gasteiger partial charge in [0.1, 0.15) is 11.6 Å². The highest BCUT2D eigenvalue weighted by Crippen LogP contribution is 2.09. The molecule has 0 saturated carbocycles. The highest BCUT2D eigenvalue weighted by Gasteiger charge is 2.10. The van der Waals surface area contributed by atoms with Crippen molar-refractivity contribution < 1.29 is 0 Å². The van der Waals surface area contributed by atoms with Gasteiger partial charge in [-0.05, 0) is 24.6 Å². The largest absolute Gasteiger partial charge is 0.335 e. The van der Waals surface area contributed by atoms with Crippen LogP contribution in [0.25, 0.3) is 5.95 Å². The normalized spacial score (nSPS) is 10.9. The van der Waals surface area contributed by atoms with Gasteiger partial charge in [0.25, 0.3) is 5.95 Å². The fourth-order valence-corrected chi connectivity index (χ4v) is 2.06. The van der Waals surface area contributed by atoms with Crippen molar-refractivity contribution in [3.63, 3.8) is 0 Å². The third-order valence-corrected chi connectivity index (χ3v) is 2.98. The SMILES string of the molecule is CCn1ccnc1Cc1nc(Cl)nc(-n2cccn2)n1. The van der Waals surface area contributed by atoms with E-state index in [0.29, 0.717) is 18.2 Å². The molecule has 0 radical (unpaired) electrons. The Kier molecular flexibility index (Phi) is 3.42. The first-order valence-electron chi connectivity index (χ1n) is 6.16. The quantitative estimate of drug-likeness (QED) is 0.728. The first-order valence-corrected chi connectivity index (χ1v) is 6.54. The second-order valence-electron chi connectivity index (χ2n) is 4.08. The summed E-state index contributed by atoms with van der Waals surface area (Å²) in [5.74, 6) is 1.86. The van der Waals surface area contributed by atoms with Gasteiger partial charge in [0.05, 0.1) is 6.42 Å². The molecule has 0 saturated heterocycles. The molecular weight excluding hydrogens is 278 g/mol. The molecule has 0 aliphatic rings. The van der Waals surface area contributed by atoms with Crippen LogP contribution in [0.1, 0.15) is 18.6 Å². The fraction of sp³-hybridized carbons (Fsp3) is 0.250. The summed E-state index contributed by atoms with van der Waals surface area (Å²) in [4.78, 5) is 16.9. The Morgan fingerprint density at radius 3 is 2.80 bits per heavy atom. The number of aromatic nitrogens is 7. The van der Waals surface area contributed by atoms with Gasteiger partial charge in [-0.15, -0.1) is 0 Å². The van der Waals surface area contributed by atoms with Crippen molar-refractivity contribution in [2.24, 2.45) is 0 Å². The highest BCUT2D eigenvalue weighted by atomic mass is 35.5. The van der Waals surface area contributed by atoms with E-state index in [0.717, 1.165) is 12.4 Å². The molecule has 3 rings (SSSR count). The van der Waals surface area contributed by atoms with Crippen LogP contribution >= 0.6 is 11.6 Å². The van der Waals surface area contributed by atoms with Crippen molar-refractivity contribution in [1.29, 1.82) is 0 Å². The molecule has 3 heterocycles. The Morgan fingerprint density at radius 1 is 1.15 bits per heavy atom. The van der Waals surface area contributed by atoms with Gasteiger partial charge in [-0.1, -0.05) is 0 Å². The van der Waals surface area contributed by atoms with E-state index in [-0.39, 0.29) is 5.28 Å². The average molecular weight is 290 g/mol. The fourth-order valence-electron chi connectivity index (χ4n) is 1.88. The topological polar surface area (TPSA) is 74.3 Å². The zero-order valence-corrected chi connectivity index (χ0v) is 11.6. The van der Waals surface area contributed by atoms with Crippen molar-refractivity contribution in [2.45, 2.75) is 19.9 Å². The van der Waals surface area contributed by atoms with Crippen molar-refractivity contribution >= 4 is 11.6 Å². The van der Waals surface area contributed by atoms with Crippen molar-refractivity contribution in [1.82, 2.24) is 34.3 Å². The molecule has 0 fully saturated rings. The highest BCUT2D eigenvalue weighted by molar-refractivity contribution is 6.28. The van der Waals surface area contributed by atoms with E-state index in [1.165, 1.54) is 0 Å². The Morgan fingerprint density at radius 2 is 2.05 bits per heavy atom. The van der Waals surface area contributed by atoms with Gasteiger partial charge in [-0.3, -0.25) is 0 Å². The Balaban J connectivity index is 1.94. The van der Waals surface area contributed by atoms with Crippen LogP contribution in [0.5, 0.6) is 0 Å². The Labute approximate surface area is 120 Å². The van der Waals surface area contributed by atoms with Crippen LogP contribution in [0, 0.1) is 0 Å². The minimum Gasteiger partial charge on any atom is -0.335 e. The molecule has 8 heteroatoms. The number of rotatable bonds is 4. The molecule has 0 N–H and O–H groups in total. The molecule has 20 heavy (non-hydrogen) atoms. The summed E-state index contributed by atoms with van der Waals surface area (Å²) in [5, 5.41) is 4.23. The summed E-state index contributed by atoms with van der Waals surface area (Å²) in [7, 11) is 0. The zero-order valence-electron chi connectivity index (χ0n) is 10.8. The first-order chi connectivity index (χ1) is 9.76. The summed E-state index contributed by atoms with van der Waals surface area (Å²) in [5.41, 5.74) is 0. The second kappa shape index (κ2) is 5.38. The summed E-state index contributed by atoms with van der Waals surface area (Å²) in [6.45, 7) is 2.90. The third-order valence-electron chi connectivity index (χ3n) is 2.81. The lowest BCUT2D eigenvalue weighted by Gasteiger charge is -2.05. The van der Waals surface area contributed by atoms with Crippen LogP contribution in [0.15, 0.2) is 30.9 Å². The van der Waals surface area contributed by atoms with Crippen LogP contribution in [0.2, 0.25) is 5.28 Å². The predicted octanol–water partition coefficient (Wildman–Crippen LogP) is 1.52. The minimum absolute atomic E-state index is 0.148. The molecule has 3 aromatic rings. The number of halogens is 1. The lowest BCUT2D eigenvalue weighted by Crippen LogP contribution is -2.10. The van der Waals surface area contributed by atoms with Crippen LogP contribution in [0.4, 0.5) is 0 Å². The first kappa shape index (κ1) is 12.7.